The molecular weight excluding hydrogens is 273 g/mol. The minimum atomic E-state index is -4.95. The van der Waals surface area contributed by atoms with Crippen LogP contribution in [0, 0.1) is 0 Å². The molecule has 2 atom stereocenters. The van der Waals surface area contributed by atoms with Gasteiger partial charge in [0.25, 0.3) is 0 Å². The smallest absolute Gasteiger partial charge is 0.354 e. The summed E-state index contributed by atoms with van der Waals surface area (Å²) in [6.07, 6.45) is -15.2. The molecule has 92 valence electrons. The fourth-order valence-electron chi connectivity index (χ4n) is 0.600. The van der Waals surface area contributed by atoms with Gasteiger partial charge in [0.2, 0.25) is 0 Å². The molecular formula is C6H6Cl2F6O. The van der Waals surface area contributed by atoms with Crippen LogP contribution in [0.1, 0.15) is 0 Å². The zero-order valence-electron chi connectivity index (χ0n) is 7.00. The molecule has 0 aromatic heterocycles. The van der Waals surface area contributed by atoms with Gasteiger partial charge < -0.3 is 4.74 Å². The fraction of sp³-hybridized carbons (Fsp3) is 1.00. The number of ether oxygens (including phenoxy) is 1. The molecule has 0 heterocycles. The van der Waals surface area contributed by atoms with Crippen LogP contribution >= 0.6 is 23.2 Å². The summed E-state index contributed by atoms with van der Waals surface area (Å²) >= 11 is 9.70. The van der Waals surface area contributed by atoms with Crippen LogP contribution in [0.25, 0.3) is 0 Å². The SMILES string of the molecule is FC(F)(F)C(CCl)OC(CCl)C(F)(F)F. The van der Waals surface area contributed by atoms with Crippen LogP contribution < -0.4 is 0 Å². The first-order chi connectivity index (χ1) is 6.62. The molecule has 9 heteroatoms. The van der Waals surface area contributed by atoms with Crippen molar-refractivity contribution in [3.8, 4) is 0 Å². The molecule has 0 aromatic rings. The summed E-state index contributed by atoms with van der Waals surface area (Å²) in [5, 5.41) is 0. The highest BCUT2D eigenvalue weighted by Crippen LogP contribution is 2.30. The van der Waals surface area contributed by atoms with E-state index in [1.807, 2.05) is 0 Å². The van der Waals surface area contributed by atoms with Gasteiger partial charge >= 0.3 is 12.4 Å². The van der Waals surface area contributed by atoms with Crippen molar-refractivity contribution in [1.29, 1.82) is 0 Å². The van der Waals surface area contributed by atoms with Crippen molar-refractivity contribution in [3.63, 3.8) is 0 Å². The molecule has 0 N–H and O–H groups in total. The average molecular weight is 279 g/mol. The second-order valence-corrected chi connectivity index (χ2v) is 3.12. The van der Waals surface area contributed by atoms with E-state index in [4.69, 9.17) is 23.2 Å². The van der Waals surface area contributed by atoms with Crippen LogP contribution in [-0.2, 0) is 4.74 Å². The Morgan fingerprint density at radius 3 is 1.20 bits per heavy atom. The summed E-state index contributed by atoms with van der Waals surface area (Å²) in [5.41, 5.74) is 0. The zero-order chi connectivity index (χ0) is 12.3. The van der Waals surface area contributed by atoms with E-state index < -0.39 is 36.3 Å². The lowest BCUT2D eigenvalue weighted by Gasteiger charge is -2.25. The molecule has 0 spiro atoms. The molecule has 0 bridgehead atoms. The van der Waals surface area contributed by atoms with Crippen LogP contribution in [0.4, 0.5) is 26.3 Å². The molecule has 0 aliphatic heterocycles. The van der Waals surface area contributed by atoms with Crippen molar-refractivity contribution in [2.24, 2.45) is 0 Å². The van der Waals surface area contributed by atoms with Crippen LogP contribution in [-0.4, -0.2) is 36.3 Å². The van der Waals surface area contributed by atoms with E-state index >= 15 is 0 Å². The van der Waals surface area contributed by atoms with Gasteiger partial charge in [-0.1, -0.05) is 0 Å². The molecule has 0 saturated heterocycles. The van der Waals surface area contributed by atoms with Crippen molar-refractivity contribution >= 4 is 23.2 Å². The van der Waals surface area contributed by atoms with E-state index in [0.717, 1.165) is 0 Å². The Hall–Kier alpha value is 0.120. The van der Waals surface area contributed by atoms with Gasteiger partial charge in [0, 0.05) is 0 Å². The van der Waals surface area contributed by atoms with Crippen LogP contribution in [0.3, 0.4) is 0 Å². The van der Waals surface area contributed by atoms with Crippen molar-refractivity contribution in [3.05, 3.63) is 0 Å². The maximum atomic E-state index is 12.0. The first kappa shape index (κ1) is 15.1. The van der Waals surface area contributed by atoms with E-state index in [0.29, 0.717) is 0 Å². The third-order valence-corrected chi connectivity index (χ3v) is 1.90. The van der Waals surface area contributed by atoms with Crippen LogP contribution in [0.5, 0.6) is 0 Å². The topological polar surface area (TPSA) is 9.23 Å². The Morgan fingerprint density at radius 1 is 0.800 bits per heavy atom. The molecule has 0 aromatic carbocycles. The monoisotopic (exact) mass is 278 g/mol. The van der Waals surface area contributed by atoms with Crippen molar-refractivity contribution in [1.82, 2.24) is 0 Å². The largest absolute Gasteiger partial charge is 0.415 e. The second-order valence-electron chi connectivity index (χ2n) is 2.51. The summed E-state index contributed by atoms with van der Waals surface area (Å²) < 4.78 is 75.7. The predicted molar refractivity (Wildman–Crippen MR) is 42.2 cm³/mol. The van der Waals surface area contributed by atoms with Gasteiger partial charge in [0.1, 0.15) is 0 Å². The summed E-state index contributed by atoms with van der Waals surface area (Å²) in [4.78, 5) is 0. The average Bonchev–Trinajstić information content (AvgIpc) is 2.01. The van der Waals surface area contributed by atoms with Gasteiger partial charge in [-0.05, 0) is 0 Å². The number of rotatable bonds is 4. The van der Waals surface area contributed by atoms with Gasteiger partial charge in [0.05, 0.1) is 11.8 Å². The van der Waals surface area contributed by atoms with Crippen molar-refractivity contribution in [2.45, 2.75) is 24.6 Å². The zero-order valence-corrected chi connectivity index (χ0v) is 8.51. The van der Waals surface area contributed by atoms with Crippen LogP contribution in [0.15, 0.2) is 0 Å². The molecule has 0 amide bonds. The highest BCUT2D eigenvalue weighted by molar-refractivity contribution is 6.18. The minimum Gasteiger partial charge on any atom is -0.354 e. The molecule has 0 aliphatic rings. The number of halogens is 8. The second kappa shape index (κ2) is 5.45. The first-order valence-corrected chi connectivity index (χ1v) is 4.60. The third kappa shape index (κ3) is 5.12. The maximum absolute atomic E-state index is 12.0. The van der Waals surface area contributed by atoms with E-state index in [-0.39, 0.29) is 0 Å². The summed E-state index contributed by atoms with van der Waals surface area (Å²) in [6, 6.07) is 0. The number of alkyl halides is 8. The van der Waals surface area contributed by atoms with Gasteiger partial charge in [-0.3, -0.25) is 0 Å². The standard InChI is InChI=1S/C6H6Cl2F6O/c7-1-3(5(9,10)11)15-4(2-8)6(12,13)14/h3-4H,1-2H2. The Labute approximate surface area is 91.3 Å². The third-order valence-electron chi connectivity index (χ3n) is 1.34. The van der Waals surface area contributed by atoms with Gasteiger partial charge in [-0.25, -0.2) is 0 Å². The van der Waals surface area contributed by atoms with E-state index in [2.05, 4.69) is 4.74 Å². The molecule has 1 nitrogen and oxygen atoms in total. The molecule has 0 saturated carbocycles. The Bertz CT molecular complexity index is 171. The summed E-state index contributed by atoms with van der Waals surface area (Å²) in [7, 11) is 0. The lowest BCUT2D eigenvalue weighted by Crippen LogP contribution is -2.43. The van der Waals surface area contributed by atoms with E-state index in [1.54, 1.807) is 0 Å². The molecule has 15 heavy (non-hydrogen) atoms. The molecule has 0 fully saturated rings. The fourth-order valence-corrected chi connectivity index (χ4v) is 1.10. The summed E-state index contributed by atoms with van der Waals surface area (Å²) in [5.74, 6) is -2.24. The molecule has 2 unspecified atom stereocenters. The Morgan fingerprint density at radius 2 is 1.07 bits per heavy atom. The minimum absolute atomic E-state index is 1.12. The molecule has 0 radical (unpaired) electrons. The quantitative estimate of drug-likeness (QED) is 0.566. The van der Waals surface area contributed by atoms with Gasteiger partial charge in [-0.15, -0.1) is 23.2 Å². The van der Waals surface area contributed by atoms with E-state index in [1.165, 1.54) is 0 Å². The first-order valence-electron chi connectivity index (χ1n) is 3.53. The molecule has 0 aliphatic carbocycles. The number of hydrogen-bond acceptors (Lipinski definition) is 1. The van der Waals surface area contributed by atoms with Crippen molar-refractivity contribution < 1.29 is 31.1 Å². The van der Waals surface area contributed by atoms with Crippen molar-refractivity contribution in [2.75, 3.05) is 11.8 Å². The highest BCUT2D eigenvalue weighted by atomic mass is 35.5. The van der Waals surface area contributed by atoms with Gasteiger partial charge in [0.15, 0.2) is 12.2 Å². The highest BCUT2D eigenvalue weighted by Gasteiger charge is 2.48. The van der Waals surface area contributed by atoms with Gasteiger partial charge in [-0.2, -0.15) is 26.3 Å². The lowest BCUT2D eigenvalue weighted by molar-refractivity contribution is -0.275. The Kier molecular flexibility index (Phi) is 5.49. The lowest BCUT2D eigenvalue weighted by atomic mass is 10.3. The van der Waals surface area contributed by atoms with E-state index in [9.17, 15) is 26.3 Å². The summed E-state index contributed by atoms with van der Waals surface area (Å²) in [6.45, 7) is 0. The Balaban J connectivity index is 4.52. The number of hydrogen-bond donors (Lipinski definition) is 0. The molecule has 0 rings (SSSR count). The van der Waals surface area contributed by atoms with Crippen LogP contribution in [0.2, 0.25) is 0 Å². The maximum Gasteiger partial charge on any atom is 0.415 e. The predicted octanol–water partition coefficient (Wildman–Crippen LogP) is 3.34. The normalized spacial score (nSPS) is 17.6.